The van der Waals surface area contributed by atoms with Gasteiger partial charge in [0.1, 0.15) is 5.76 Å². The molecule has 0 aromatic carbocycles. The fourth-order valence-corrected chi connectivity index (χ4v) is 87.5. The van der Waals surface area contributed by atoms with Gasteiger partial charge in [-0.15, -0.1) is 53.6 Å². The van der Waals surface area contributed by atoms with E-state index in [1.807, 2.05) is 12.1 Å². The highest BCUT2D eigenvalue weighted by atomic mass is 33.2. The minimum absolute atomic E-state index is 0.130. The summed E-state index contributed by atoms with van der Waals surface area (Å²) in [6, 6.07) is 3.79. The maximum atomic E-state index is 5.26. The Morgan fingerprint density at radius 2 is 1.50 bits per heavy atom. The Labute approximate surface area is 128 Å². The Hall–Kier alpha value is 3.54. The van der Waals surface area contributed by atoms with Crippen LogP contribution in [0.5, 0.6) is 0 Å². The van der Waals surface area contributed by atoms with E-state index in [0.29, 0.717) is 6.54 Å². The zero-order valence-corrected chi connectivity index (χ0v) is 20.4. The van der Waals surface area contributed by atoms with Gasteiger partial charge in [0.15, 0.2) is 0 Å². The van der Waals surface area contributed by atoms with Crippen molar-refractivity contribution < 1.29 is 4.42 Å². The average molecular weight is 433 g/mol. The third-order valence-corrected chi connectivity index (χ3v) is 51.2. The predicted octanol–water partition coefficient (Wildman–Crippen LogP) is 6.18. The van der Waals surface area contributed by atoms with Crippen molar-refractivity contribution in [2.24, 2.45) is 5.73 Å². The van der Waals surface area contributed by atoms with E-state index in [1.165, 1.54) is 0 Å². The first-order valence-corrected chi connectivity index (χ1v) is 22.0. The monoisotopic (exact) mass is 433 g/mol. The van der Waals surface area contributed by atoms with Crippen LogP contribution in [0.25, 0.3) is 0 Å². The third-order valence-electron chi connectivity index (χ3n) is 1.59. The summed E-state index contributed by atoms with van der Waals surface area (Å²) in [7, 11) is 17.7. The molecule has 0 aliphatic heterocycles. The van der Waals surface area contributed by atoms with Crippen LogP contribution in [0.2, 0.25) is 0 Å². The molecule has 0 bridgehead atoms. The average Bonchev–Trinajstić information content (AvgIpc) is 2.69. The molecule has 0 aliphatic rings. The summed E-state index contributed by atoms with van der Waals surface area (Å²) in [5, 5.41) is 0. The molecule has 1 heterocycles. The Bertz CT molecular complexity index is 272. The second-order valence-electron chi connectivity index (χ2n) is 3.03. The number of hydrogen-bond acceptors (Lipinski definition) is 2. The van der Waals surface area contributed by atoms with Crippen molar-refractivity contribution in [3.63, 3.8) is 0 Å². The van der Waals surface area contributed by atoms with Gasteiger partial charge in [-0.25, -0.2) is 0 Å². The van der Waals surface area contributed by atoms with Crippen molar-refractivity contribution in [2.45, 2.75) is 6.42 Å². The van der Waals surface area contributed by atoms with Crippen LogP contribution in [-0.4, -0.2) is 6.54 Å². The highest BCUT2D eigenvalue weighted by Crippen LogP contribution is 3.10. The smallest absolute Gasteiger partial charge is 0.105 e. The lowest BCUT2D eigenvalue weighted by atomic mass is 10.3. The molecule has 12 heteroatoms. The minimum Gasteiger partial charge on any atom is -0.469 e. The summed E-state index contributed by atoms with van der Waals surface area (Å²) in [6.07, 6.45) is 2.50. The largest absolute Gasteiger partial charge is 0.469 e. The van der Waals surface area contributed by atoms with Gasteiger partial charge in [-0.05, 0) is 46.6 Å². The third kappa shape index (κ3) is 10.3. The number of rotatable bonds is 5. The predicted molar refractivity (Wildman–Crippen MR) is 117 cm³/mol. The molecule has 106 valence electrons. The van der Waals surface area contributed by atoms with Crippen LogP contribution >= 0.6 is 81.5 Å². The van der Waals surface area contributed by atoms with Crippen LogP contribution < -0.4 is 5.73 Å². The molecule has 2 N–H and O–H groups in total. The lowest BCUT2D eigenvalue weighted by Crippen LogP contribution is -2.01. The van der Waals surface area contributed by atoms with Crippen LogP contribution in [0.3, 0.4) is 0 Å². The topological polar surface area (TPSA) is 39.2 Å². The molecule has 0 saturated heterocycles. The van der Waals surface area contributed by atoms with Gasteiger partial charge in [0.2, 0.25) is 0 Å². The Balaban J connectivity index is 0.000000327. The molecule has 0 radical (unpaired) electrons. The van der Waals surface area contributed by atoms with E-state index in [9.17, 15) is 0 Å². The molecule has 0 fully saturated rings. The number of furan rings is 1. The molecule has 0 amide bonds. The summed E-state index contributed by atoms with van der Waals surface area (Å²) in [5.74, 6) is 0.965. The van der Waals surface area contributed by atoms with Gasteiger partial charge < -0.3 is 10.2 Å². The van der Waals surface area contributed by atoms with Crippen LogP contribution in [0.15, 0.2) is 22.8 Å². The van der Waals surface area contributed by atoms with Gasteiger partial charge in [-0.1, -0.05) is 0 Å². The Kier molecular flexibility index (Phi) is 15.6. The van der Waals surface area contributed by atoms with Gasteiger partial charge in [-0.2, -0.15) is 0 Å². The fraction of sp³-hybridized carbons (Fsp3) is 0.333. The highest BCUT2D eigenvalue weighted by Gasteiger charge is 2.20. The molecule has 6 unspecified atom stereocenters. The standard InChI is InChI=1S/C6H9NO.H12P10/c7-4-3-6-2-1-5-8-6;1-7(2)10(8(3)4)9(5)6/h1-2,5H,3-4,7H2;1-6H2. The van der Waals surface area contributed by atoms with Crippen molar-refractivity contribution in [3.05, 3.63) is 24.2 Å². The molecular formula is C6H21NOP10. The van der Waals surface area contributed by atoms with Crippen molar-refractivity contribution in [1.29, 1.82) is 0 Å². The van der Waals surface area contributed by atoms with Crippen LogP contribution in [0, 0.1) is 0 Å². The zero-order valence-electron chi connectivity index (χ0n) is 9.88. The lowest BCUT2D eigenvalue weighted by molar-refractivity contribution is 0.511. The van der Waals surface area contributed by atoms with Crippen LogP contribution in [0.4, 0.5) is 0 Å². The molecule has 1 aromatic heterocycles. The summed E-state index contributed by atoms with van der Waals surface area (Å²) >= 11 is 0. The van der Waals surface area contributed by atoms with Crippen LogP contribution in [-0.2, 0) is 6.42 Å². The summed E-state index contributed by atoms with van der Waals surface area (Å²) in [5.41, 5.74) is 5.26. The van der Waals surface area contributed by atoms with E-state index in [-0.39, 0.29) is 27.9 Å². The minimum atomic E-state index is 0.130. The fourth-order valence-electron chi connectivity index (χ4n) is 0.955. The molecule has 0 saturated carbocycles. The first-order chi connectivity index (χ1) is 8.40. The van der Waals surface area contributed by atoms with Crippen molar-refractivity contribution in [1.82, 2.24) is 0 Å². The number of hydrogen-bond donors (Lipinski definition) is 1. The van der Waals surface area contributed by atoms with Crippen molar-refractivity contribution in [2.75, 3.05) is 6.54 Å². The molecule has 6 atom stereocenters. The van der Waals surface area contributed by atoms with Crippen LogP contribution in [0.1, 0.15) is 5.76 Å². The Morgan fingerprint density at radius 3 is 1.72 bits per heavy atom. The van der Waals surface area contributed by atoms with E-state index in [0.717, 1.165) is 12.2 Å². The lowest BCUT2D eigenvalue weighted by Gasteiger charge is -2.27. The van der Waals surface area contributed by atoms with E-state index in [1.54, 1.807) is 6.26 Å². The normalized spacial score (nSPS) is 11.3. The van der Waals surface area contributed by atoms with Crippen molar-refractivity contribution in [3.8, 4) is 0 Å². The van der Waals surface area contributed by atoms with E-state index in [4.69, 9.17) is 10.2 Å². The van der Waals surface area contributed by atoms with E-state index < -0.39 is 0 Å². The number of nitrogens with two attached hydrogens (primary N) is 1. The maximum Gasteiger partial charge on any atom is 0.105 e. The van der Waals surface area contributed by atoms with Gasteiger partial charge in [0.25, 0.3) is 0 Å². The van der Waals surface area contributed by atoms with Gasteiger partial charge in [-0.3, -0.25) is 0 Å². The van der Waals surface area contributed by atoms with Crippen molar-refractivity contribution >= 4 is 81.5 Å². The Morgan fingerprint density at radius 1 is 1.00 bits per heavy atom. The highest BCUT2D eigenvalue weighted by molar-refractivity contribution is 9.16. The molecule has 0 aliphatic carbocycles. The van der Waals surface area contributed by atoms with E-state index >= 15 is 0 Å². The van der Waals surface area contributed by atoms with Gasteiger partial charge in [0, 0.05) is 6.42 Å². The van der Waals surface area contributed by atoms with E-state index in [2.05, 4.69) is 53.6 Å². The second kappa shape index (κ2) is 13.0. The molecular weight excluding hydrogens is 412 g/mol. The first-order valence-electron chi connectivity index (χ1n) is 4.81. The SMILES string of the molecule is NCCc1ccco1.PP(P)P(P(P)P)P(P)P. The van der Waals surface area contributed by atoms with Gasteiger partial charge in [0.05, 0.1) is 6.26 Å². The molecule has 1 aromatic rings. The second-order valence-corrected chi connectivity index (χ2v) is 39.6. The molecule has 1 rings (SSSR count). The zero-order chi connectivity index (χ0) is 14.1. The maximum absolute atomic E-state index is 5.26. The molecule has 18 heavy (non-hydrogen) atoms. The summed E-state index contributed by atoms with van der Waals surface area (Å²) in [6.45, 7) is 1.28. The van der Waals surface area contributed by atoms with Gasteiger partial charge >= 0.3 is 0 Å². The summed E-state index contributed by atoms with van der Waals surface area (Å²) < 4.78 is 4.99. The molecule has 0 spiro atoms. The molecule has 2 nitrogen and oxygen atoms in total. The quantitative estimate of drug-likeness (QED) is 0.564. The summed E-state index contributed by atoms with van der Waals surface area (Å²) in [4.78, 5) is 0. The first kappa shape index (κ1) is 21.5.